The van der Waals surface area contributed by atoms with E-state index >= 15 is 0 Å². The van der Waals surface area contributed by atoms with E-state index in [0.29, 0.717) is 11.0 Å². The number of hydrogen-bond acceptors (Lipinski definition) is 3. The molecule has 0 bridgehead atoms. The monoisotopic (exact) mass is 340 g/mol. The Morgan fingerprint density at radius 1 is 1.29 bits per heavy atom. The van der Waals surface area contributed by atoms with Gasteiger partial charge in [0.25, 0.3) is 5.56 Å². The summed E-state index contributed by atoms with van der Waals surface area (Å²) >= 11 is 2.28. The molecule has 0 aliphatic carbocycles. The van der Waals surface area contributed by atoms with E-state index in [4.69, 9.17) is 5.73 Å². The Kier molecular flexibility index (Phi) is 2.32. The van der Waals surface area contributed by atoms with Gasteiger partial charge in [-0.05, 0) is 11.6 Å². The summed E-state index contributed by atoms with van der Waals surface area (Å²) in [4.78, 5) is 21.7. The Morgan fingerprint density at radius 2 is 2.12 bits per heavy atom. The van der Waals surface area contributed by atoms with Crippen LogP contribution in [0.15, 0.2) is 23.0 Å². The van der Waals surface area contributed by atoms with Crippen molar-refractivity contribution < 1.29 is 0 Å². The molecule has 0 saturated carbocycles. The van der Waals surface area contributed by atoms with Crippen molar-refractivity contribution in [2.45, 2.75) is 4.43 Å². The molecule has 2 aromatic heterocycles. The maximum Gasteiger partial charge on any atom is 0.262 e. The Labute approximate surface area is 110 Å². The number of rotatable bonds is 1. The van der Waals surface area contributed by atoms with Gasteiger partial charge in [-0.3, -0.25) is 9.78 Å². The number of halogens is 1. The number of nitrogens with one attached hydrogen (secondary N) is 2. The van der Waals surface area contributed by atoms with Gasteiger partial charge < -0.3 is 10.7 Å². The van der Waals surface area contributed by atoms with Crippen molar-refractivity contribution in [3.8, 4) is 0 Å². The maximum absolute atomic E-state index is 11.9. The molecule has 0 aliphatic heterocycles. The Balaban J connectivity index is 2.62. The first-order valence-corrected chi connectivity index (χ1v) is 6.58. The summed E-state index contributed by atoms with van der Waals surface area (Å²) in [5.74, 6) is 0.130. The van der Waals surface area contributed by atoms with Gasteiger partial charge in [-0.15, -0.1) is 0 Å². The van der Waals surface area contributed by atoms with Crippen LogP contribution in [0, 0.1) is 0 Å². The van der Waals surface area contributed by atoms with Gasteiger partial charge in [0.15, 0.2) is 0 Å². The molecule has 86 valence electrons. The zero-order valence-corrected chi connectivity index (χ0v) is 10.9. The highest BCUT2D eigenvalue weighted by atomic mass is 127. The minimum absolute atomic E-state index is 0.130. The second kappa shape index (κ2) is 3.73. The van der Waals surface area contributed by atoms with Crippen LogP contribution < -0.4 is 11.3 Å². The predicted molar refractivity (Wildman–Crippen MR) is 76.4 cm³/mol. The van der Waals surface area contributed by atoms with Crippen molar-refractivity contribution in [2.24, 2.45) is 0 Å². The number of alkyl halides is 1. The van der Waals surface area contributed by atoms with E-state index in [0.717, 1.165) is 20.9 Å². The molecule has 2 heterocycles. The van der Waals surface area contributed by atoms with Gasteiger partial charge in [0, 0.05) is 15.3 Å². The molecule has 0 atom stereocenters. The maximum atomic E-state index is 11.9. The van der Waals surface area contributed by atoms with Gasteiger partial charge in [0.2, 0.25) is 5.95 Å². The van der Waals surface area contributed by atoms with Crippen molar-refractivity contribution in [2.75, 3.05) is 5.73 Å². The van der Waals surface area contributed by atoms with Crippen LogP contribution in [-0.4, -0.2) is 15.0 Å². The highest BCUT2D eigenvalue weighted by molar-refractivity contribution is 14.1. The molecule has 0 radical (unpaired) electrons. The molecule has 0 spiro atoms. The highest BCUT2D eigenvalue weighted by Gasteiger charge is 2.12. The number of nitrogen functional groups attached to an aromatic ring is 1. The first-order valence-electron chi connectivity index (χ1n) is 5.05. The van der Waals surface area contributed by atoms with Gasteiger partial charge in [-0.2, -0.15) is 4.98 Å². The topological polar surface area (TPSA) is 87.6 Å². The first kappa shape index (κ1) is 10.6. The lowest BCUT2D eigenvalue weighted by Crippen LogP contribution is -2.10. The Bertz CT molecular complexity index is 774. The summed E-state index contributed by atoms with van der Waals surface area (Å²) in [7, 11) is 0. The molecule has 0 aliphatic rings. The molecule has 0 saturated heterocycles. The lowest BCUT2D eigenvalue weighted by atomic mass is 10.1. The number of benzene rings is 1. The minimum Gasteiger partial charge on any atom is -0.369 e. The molecule has 6 heteroatoms. The Morgan fingerprint density at radius 3 is 2.88 bits per heavy atom. The van der Waals surface area contributed by atoms with E-state index in [2.05, 4.69) is 37.5 Å². The number of H-pyrrole nitrogens is 2. The number of hydrogen-bond donors (Lipinski definition) is 3. The Hall–Kier alpha value is -1.57. The lowest BCUT2D eigenvalue weighted by Gasteiger charge is -1.98. The van der Waals surface area contributed by atoms with Crippen LogP contribution in [0.5, 0.6) is 0 Å². The molecule has 0 amide bonds. The third kappa shape index (κ3) is 1.51. The predicted octanol–water partition coefficient (Wildman–Crippen LogP) is 1.92. The summed E-state index contributed by atoms with van der Waals surface area (Å²) in [5.41, 5.74) is 7.90. The summed E-state index contributed by atoms with van der Waals surface area (Å²) in [5, 5.41) is 1.52. The number of aromatic nitrogens is 3. The fourth-order valence-corrected chi connectivity index (χ4v) is 2.69. The molecule has 4 N–H and O–H groups in total. The largest absolute Gasteiger partial charge is 0.369 e. The smallest absolute Gasteiger partial charge is 0.262 e. The average molecular weight is 340 g/mol. The highest BCUT2D eigenvalue weighted by Crippen LogP contribution is 2.26. The van der Waals surface area contributed by atoms with Crippen LogP contribution in [0.4, 0.5) is 5.95 Å². The minimum atomic E-state index is -0.198. The third-order valence-electron chi connectivity index (χ3n) is 2.74. The van der Waals surface area contributed by atoms with Crippen molar-refractivity contribution in [1.29, 1.82) is 0 Å². The standard InChI is InChI=1S/C11H9IN4O/c12-4-5-2-1-3-6-7(5)8-9(14-6)15-11(13)16-10(8)17/h1-3H,4H2,(H4,13,14,15,16,17). The van der Waals surface area contributed by atoms with Crippen LogP contribution in [0.25, 0.3) is 21.9 Å². The molecule has 0 unspecified atom stereocenters. The van der Waals surface area contributed by atoms with Crippen molar-refractivity contribution >= 4 is 50.5 Å². The normalized spacial score (nSPS) is 11.4. The molecular weight excluding hydrogens is 331 g/mol. The van der Waals surface area contributed by atoms with Crippen LogP contribution in [-0.2, 0) is 4.43 Å². The molecule has 5 nitrogen and oxygen atoms in total. The summed E-state index contributed by atoms with van der Waals surface area (Å²) in [6.07, 6.45) is 0. The van der Waals surface area contributed by atoms with Gasteiger partial charge >= 0.3 is 0 Å². The molecule has 3 rings (SSSR count). The van der Waals surface area contributed by atoms with Crippen LogP contribution >= 0.6 is 22.6 Å². The summed E-state index contributed by atoms with van der Waals surface area (Å²) in [6.45, 7) is 0. The van der Waals surface area contributed by atoms with Crippen LogP contribution in [0.3, 0.4) is 0 Å². The second-order valence-corrected chi connectivity index (χ2v) is 4.54. The van der Waals surface area contributed by atoms with Crippen molar-refractivity contribution in [3.05, 3.63) is 34.1 Å². The lowest BCUT2D eigenvalue weighted by molar-refractivity contribution is 1.18. The van der Waals surface area contributed by atoms with Crippen molar-refractivity contribution in [1.82, 2.24) is 15.0 Å². The molecule has 0 fully saturated rings. The number of nitrogens with zero attached hydrogens (tertiary/aromatic N) is 1. The van der Waals surface area contributed by atoms with E-state index in [1.807, 2.05) is 18.2 Å². The quantitative estimate of drug-likeness (QED) is 0.467. The summed E-state index contributed by atoms with van der Waals surface area (Å²) < 4.78 is 0.839. The SMILES string of the molecule is Nc1nc2[nH]c3cccc(CI)c3c2c(=O)[nH]1. The molecule has 17 heavy (non-hydrogen) atoms. The van der Waals surface area contributed by atoms with Gasteiger partial charge in [0.1, 0.15) is 5.65 Å². The number of aromatic amines is 2. The fourth-order valence-electron chi connectivity index (χ4n) is 2.05. The zero-order valence-electron chi connectivity index (χ0n) is 8.75. The van der Waals surface area contributed by atoms with Gasteiger partial charge in [-0.25, -0.2) is 0 Å². The van der Waals surface area contributed by atoms with Crippen LogP contribution in [0.2, 0.25) is 0 Å². The molecule has 1 aromatic carbocycles. The van der Waals surface area contributed by atoms with Gasteiger partial charge in [-0.1, -0.05) is 34.7 Å². The van der Waals surface area contributed by atoms with E-state index in [-0.39, 0.29) is 11.5 Å². The zero-order chi connectivity index (χ0) is 12.0. The molecule has 3 aromatic rings. The fraction of sp³-hybridized carbons (Fsp3) is 0.0909. The van der Waals surface area contributed by atoms with E-state index in [1.165, 1.54) is 0 Å². The van der Waals surface area contributed by atoms with Crippen molar-refractivity contribution in [3.63, 3.8) is 0 Å². The van der Waals surface area contributed by atoms with E-state index < -0.39 is 0 Å². The number of nitrogens with two attached hydrogens (primary N) is 1. The molecular formula is C11H9IN4O. The van der Waals surface area contributed by atoms with E-state index in [1.54, 1.807) is 0 Å². The second-order valence-electron chi connectivity index (χ2n) is 3.77. The van der Waals surface area contributed by atoms with Gasteiger partial charge in [0.05, 0.1) is 5.39 Å². The average Bonchev–Trinajstić information content (AvgIpc) is 2.66. The number of anilines is 1. The summed E-state index contributed by atoms with van der Waals surface area (Å²) in [6, 6.07) is 5.91. The van der Waals surface area contributed by atoms with Crippen LogP contribution in [0.1, 0.15) is 5.56 Å². The first-order chi connectivity index (χ1) is 8.20. The van der Waals surface area contributed by atoms with E-state index in [9.17, 15) is 4.79 Å². The third-order valence-corrected chi connectivity index (χ3v) is 3.56. The number of fused-ring (bicyclic) bond motifs is 3.